The molecule has 7 unspecified atom stereocenters. The van der Waals surface area contributed by atoms with Crippen LogP contribution in [0.1, 0.15) is 39.0 Å². The third kappa shape index (κ3) is 3.85. The number of halogens is 2. The van der Waals surface area contributed by atoms with Crippen LogP contribution in [0.25, 0.3) is 0 Å². The van der Waals surface area contributed by atoms with Gasteiger partial charge in [0, 0.05) is 12.6 Å². The first-order valence-electron chi connectivity index (χ1n) is 10.1. The zero-order valence-electron chi connectivity index (χ0n) is 16.0. The predicted molar refractivity (Wildman–Crippen MR) is 95.4 cm³/mol. The van der Waals surface area contributed by atoms with E-state index in [0.29, 0.717) is 18.4 Å². The van der Waals surface area contributed by atoms with Crippen molar-refractivity contribution < 1.29 is 18.4 Å². The average Bonchev–Trinajstić information content (AvgIpc) is 3.35. The molecule has 8 atom stereocenters. The molecule has 2 saturated carbocycles. The van der Waals surface area contributed by atoms with Gasteiger partial charge in [-0.2, -0.15) is 5.48 Å². The van der Waals surface area contributed by atoms with E-state index in [0.717, 1.165) is 32.1 Å². The number of hydrogen-bond acceptors (Lipinski definition) is 6. The fraction of sp³-hybridized carbons (Fsp3) is 0.944. The van der Waals surface area contributed by atoms with Crippen LogP contribution < -0.4 is 21.4 Å². The van der Waals surface area contributed by atoms with Gasteiger partial charge in [-0.3, -0.25) is 25.2 Å². The second-order valence-electron chi connectivity index (χ2n) is 8.59. The van der Waals surface area contributed by atoms with Crippen LogP contribution in [0.5, 0.6) is 0 Å². The number of carbonyl (C=O) groups is 1. The van der Waals surface area contributed by atoms with Gasteiger partial charge >= 0.3 is 0 Å². The molecular weight excluding hydrogens is 356 g/mol. The van der Waals surface area contributed by atoms with Gasteiger partial charge in [-0.05, 0) is 63.8 Å². The maximum Gasteiger partial charge on any atom is 0.279 e. The smallest absolute Gasteiger partial charge is 0.279 e. The molecule has 2 saturated heterocycles. The second-order valence-corrected chi connectivity index (χ2v) is 8.59. The highest BCUT2D eigenvalue weighted by Gasteiger charge is 2.45. The minimum atomic E-state index is -2.53. The molecule has 7 nitrogen and oxygen atoms in total. The maximum atomic E-state index is 12.8. The molecule has 2 aliphatic heterocycles. The summed E-state index contributed by atoms with van der Waals surface area (Å²) in [5, 5.41) is 9.48. The lowest BCUT2D eigenvalue weighted by Crippen LogP contribution is -2.50. The van der Waals surface area contributed by atoms with Crippen molar-refractivity contribution in [2.75, 3.05) is 13.6 Å². The van der Waals surface area contributed by atoms with Gasteiger partial charge in [-0.15, -0.1) is 0 Å². The number of hydroxylamine groups is 1. The van der Waals surface area contributed by atoms with Crippen LogP contribution in [0.3, 0.4) is 0 Å². The van der Waals surface area contributed by atoms with E-state index in [4.69, 9.17) is 4.84 Å². The number of alkyl halides is 2. The van der Waals surface area contributed by atoms with E-state index < -0.39 is 12.7 Å². The zero-order valence-corrected chi connectivity index (χ0v) is 16.0. The van der Waals surface area contributed by atoms with Crippen LogP contribution in [0.15, 0.2) is 0 Å². The van der Waals surface area contributed by atoms with Crippen LogP contribution in [0, 0.1) is 17.8 Å². The van der Waals surface area contributed by atoms with Crippen molar-refractivity contribution in [2.45, 2.75) is 76.1 Å². The molecule has 0 bridgehead atoms. The van der Waals surface area contributed by atoms with Gasteiger partial charge in [0.1, 0.15) is 6.04 Å². The molecule has 1 amide bonds. The lowest BCUT2D eigenvalue weighted by molar-refractivity contribution is -0.126. The summed E-state index contributed by atoms with van der Waals surface area (Å²) in [4.78, 5) is 19.7. The van der Waals surface area contributed by atoms with Gasteiger partial charge in [0.15, 0.2) is 6.23 Å². The highest BCUT2D eigenvalue weighted by molar-refractivity contribution is 5.82. The fourth-order valence-electron chi connectivity index (χ4n) is 5.42. The van der Waals surface area contributed by atoms with Gasteiger partial charge in [0.05, 0.1) is 12.3 Å². The molecule has 4 N–H and O–H groups in total. The van der Waals surface area contributed by atoms with Crippen molar-refractivity contribution >= 4 is 5.91 Å². The minimum Gasteiger partial charge on any atom is -0.352 e. The highest BCUT2D eigenvalue weighted by atomic mass is 19.3. The molecule has 0 radical (unpaired) electrons. The molecule has 4 rings (SSSR count). The highest BCUT2D eigenvalue weighted by Crippen LogP contribution is 2.45. The molecule has 4 fully saturated rings. The van der Waals surface area contributed by atoms with E-state index in [1.54, 1.807) is 0 Å². The first-order valence-corrected chi connectivity index (χ1v) is 10.1. The van der Waals surface area contributed by atoms with Gasteiger partial charge < -0.3 is 5.32 Å². The Morgan fingerprint density at radius 1 is 1.22 bits per heavy atom. The van der Waals surface area contributed by atoms with E-state index in [1.807, 2.05) is 7.05 Å². The first kappa shape index (κ1) is 19.4. The molecular formula is C18H31F2N5O2. The molecule has 2 aliphatic carbocycles. The Bertz CT molecular complexity index is 554. The van der Waals surface area contributed by atoms with E-state index in [1.165, 1.54) is 0 Å². The molecule has 154 valence electrons. The van der Waals surface area contributed by atoms with Crippen LogP contribution in [-0.4, -0.2) is 61.5 Å². The minimum absolute atomic E-state index is 0.106. The summed E-state index contributed by atoms with van der Waals surface area (Å²) in [6.07, 6.45) is 1.33. The van der Waals surface area contributed by atoms with Crippen molar-refractivity contribution in [3.05, 3.63) is 0 Å². The summed E-state index contributed by atoms with van der Waals surface area (Å²) in [5.41, 5.74) is 2.75. The lowest BCUT2D eigenvalue weighted by Gasteiger charge is -2.37. The summed E-state index contributed by atoms with van der Waals surface area (Å²) in [7, 11) is 1.98. The van der Waals surface area contributed by atoms with Crippen LogP contribution in [0.2, 0.25) is 0 Å². The number of carbonyl (C=O) groups excluding carboxylic acids is 1. The van der Waals surface area contributed by atoms with Crippen LogP contribution in [0.4, 0.5) is 8.78 Å². The fourth-order valence-corrected chi connectivity index (χ4v) is 5.42. The zero-order chi connectivity index (χ0) is 19.1. The van der Waals surface area contributed by atoms with Gasteiger partial charge in [0.25, 0.3) is 6.43 Å². The normalized spacial score (nSPS) is 45.4. The SMILES string of the molecule is CC1NCC(C(=O)N[C@@H]2CCC3CC(C4NOC(C(F)F)N4)CCC32)N1C. The molecule has 0 aromatic rings. The third-order valence-corrected chi connectivity index (χ3v) is 7.15. The van der Waals surface area contributed by atoms with E-state index in [-0.39, 0.29) is 36.2 Å². The van der Waals surface area contributed by atoms with Gasteiger partial charge in [-0.25, -0.2) is 8.78 Å². The van der Waals surface area contributed by atoms with Crippen molar-refractivity contribution in [3.8, 4) is 0 Å². The number of rotatable bonds is 4. The van der Waals surface area contributed by atoms with Crippen molar-refractivity contribution in [1.29, 1.82) is 0 Å². The molecule has 0 aromatic carbocycles. The molecule has 27 heavy (non-hydrogen) atoms. The molecule has 4 aliphatic rings. The second kappa shape index (κ2) is 7.87. The Hall–Kier alpha value is -0.870. The number of nitrogens with one attached hydrogen (secondary N) is 4. The number of likely N-dealkylation sites (N-methyl/N-ethyl adjacent to an activating group) is 1. The predicted octanol–water partition coefficient (Wildman–Crippen LogP) is 0.589. The van der Waals surface area contributed by atoms with Crippen molar-refractivity contribution in [1.82, 2.24) is 26.3 Å². The van der Waals surface area contributed by atoms with Crippen LogP contribution >= 0.6 is 0 Å². The Kier molecular flexibility index (Phi) is 5.67. The Morgan fingerprint density at radius 2 is 2.00 bits per heavy atom. The lowest BCUT2D eigenvalue weighted by atomic mass is 9.74. The van der Waals surface area contributed by atoms with E-state index in [2.05, 4.69) is 33.3 Å². The van der Waals surface area contributed by atoms with Crippen LogP contribution in [-0.2, 0) is 9.63 Å². The molecule has 2 heterocycles. The van der Waals surface area contributed by atoms with Crippen molar-refractivity contribution in [2.24, 2.45) is 17.8 Å². The Balaban J connectivity index is 1.29. The molecule has 0 aromatic heterocycles. The monoisotopic (exact) mass is 387 g/mol. The Morgan fingerprint density at radius 3 is 2.67 bits per heavy atom. The number of fused-ring (bicyclic) bond motifs is 1. The summed E-state index contributed by atoms with van der Waals surface area (Å²) < 4.78 is 25.5. The quantitative estimate of drug-likeness (QED) is 0.566. The average molecular weight is 387 g/mol. The topological polar surface area (TPSA) is 77.7 Å². The van der Waals surface area contributed by atoms with E-state index >= 15 is 0 Å². The number of hydrogen-bond donors (Lipinski definition) is 4. The largest absolute Gasteiger partial charge is 0.352 e. The van der Waals surface area contributed by atoms with Gasteiger partial charge in [-0.1, -0.05) is 0 Å². The maximum absolute atomic E-state index is 12.8. The number of amides is 1. The third-order valence-electron chi connectivity index (χ3n) is 7.15. The molecule has 9 heteroatoms. The van der Waals surface area contributed by atoms with E-state index in [9.17, 15) is 13.6 Å². The standard InChI is InChI=1S/C18H31F2N5O2/c1-9-21-8-14(25(9)2)17(26)22-13-6-4-10-7-11(3-5-12(10)13)16-23-18(15(19)20)27-24-16/h9-16,18,21,23-24H,3-8H2,1-2H3,(H,22,26)/t9?,10?,11?,12?,13-,14?,16?,18?/m1/s1. The Labute approximate surface area is 158 Å². The number of nitrogens with zero attached hydrogens (tertiary/aromatic N) is 1. The summed E-state index contributed by atoms with van der Waals surface area (Å²) in [6.45, 7) is 2.75. The summed E-state index contributed by atoms with van der Waals surface area (Å²) in [6, 6.07) is 0.132. The first-order chi connectivity index (χ1) is 12.9. The van der Waals surface area contributed by atoms with Gasteiger partial charge in [0.2, 0.25) is 5.91 Å². The van der Waals surface area contributed by atoms with Crippen molar-refractivity contribution in [3.63, 3.8) is 0 Å². The summed E-state index contributed by atoms with van der Waals surface area (Å²) in [5.74, 6) is 1.45. The summed E-state index contributed by atoms with van der Waals surface area (Å²) >= 11 is 0. The molecule has 0 spiro atoms.